The van der Waals surface area contributed by atoms with Crippen LogP contribution in [-0.2, 0) is 0 Å². The second-order valence-corrected chi connectivity index (χ2v) is 6.98. The maximum absolute atomic E-state index is 12.8. The van der Waals surface area contributed by atoms with Crippen LogP contribution in [0.3, 0.4) is 0 Å². The summed E-state index contributed by atoms with van der Waals surface area (Å²) >= 11 is 0. The second kappa shape index (κ2) is 7.66. The van der Waals surface area contributed by atoms with Crippen molar-refractivity contribution in [2.75, 3.05) is 7.11 Å². The van der Waals surface area contributed by atoms with E-state index in [2.05, 4.69) is 11.4 Å². The lowest BCUT2D eigenvalue weighted by molar-refractivity contribution is 0.0935. The Morgan fingerprint density at radius 3 is 2.59 bits per heavy atom. The molecule has 0 aliphatic rings. The Kier molecular flexibility index (Phi) is 5.31. The average Bonchev–Trinajstić information content (AvgIpc) is 3.08. The summed E-state index contributed by atoms with van der Waals surface area (Å²) in [6, 6.07) is 15.7. The fourth-order valence-corrected chi connectivity index (χ4v) is 2.93. The highest BCUT2D eigenvalue weighted by molar-refractivity contribution is 5.94. The van der Waals surface area contributed by atoms with Crippen LogP contribution >= 0.6 is 0 Å². The summed E-state index contributed by atoms with van der Waals surface area (Å²) in [6.45, 7) is 7.94. The Morgan fingerprint density at radius 2 is 1.89 bits per heavy atom. The van der Waals surface area contributed by atoms with Gasteiger partial charge in [0.05, 0.1) is 18.5 Å². The summed E-state index contributed by atoms with van der Waals surface area (Å²) < 4.78 is 7.05. The van der Waals surface area contributed by atoms with Gasteiger partial charge in [-0.2, -0.15) is 5.10 Å². The van der Waals surface area contributed by atoms with Gasteiger partial charge in [0.1, 0.15) is 11.4 Å². The van der Waals surface area contributed by atoms with E-state index >= 15 is 0 Å². The zero-order chi connectivity index (χ0) is 19.6. The molecule has 1 N–H and O–H groups in total. The molecule has 0 bridgehead atoms. The third kappa shape index (κ3) is 4.03. The van der Waals surface area contributed by atoms with Gasteiger partial charge in [-0.05, 0) is 63.1 Å². The average molecular weight is 363 g/mol. The lowest BCUT2D eigenvalue weighted by atomic mass is 10.1. The molecule has 0 spiro atoms. The van der Waals surface area contributed by atoms with Gasteiger partial charge in [-0.25, -0.2) is 4.68 Å². The van der Waals surface area contributed by atoms with Crippen molar-refractivity contribution >= 4 is 5.91 Å². The van der Waals surface area contributed by atoms with Crippen LogP contribution in [0.5, 0.6) is 5.75 Å². The normalized spacial score (nSPS) is 10.9. The highest BCUT2D eigenvalue weighted by Gasteiger charge is 2.19. The fraction of sp³-hybridized carbons (Fsp3) is 0.273. The first-order chi connectivity index (χ1) is 12.9. The highest BCUT2D eigenvalue weighted by atomic mass is 16.5. The molecule has 2 aromatic carbocycles. The number of carbonyl (C=O) groups is 1. The van der Waals surface area contributed by atoms with Crippen LogP contribution in [0.1, 0.15) is 35.5 Å². The van der Waals surface area contributed by atoms with E-state index in [0.29, 0.717) is 5.69 Å². The van der Waals surface area contributed by atoms with Gasteiger partial charge in [-0.15, -0.1) is 0 Å². The van der Waals surface area contributed by atoms with Gasteiger partial charge < -0.3 is 10.1 Å². The van der Waals surface area contributed by atoms with E-state index < -0.39 is 0 Å². The Bertz CT molecular complexity index is 973. The number of aromatic nitrogens is 2. The van der Waals surface area contributed by atoms with E-state index in [1.807, 2.05) is 70.2 Å². The summed E-state index contributed by atoms with van der Waals surface area (Å²) in [6.07, 6.45) is 0. The van der Waals surface area contributed by atoms with Crippen LogP contribution in [0.2, 0.25) is 0 Å². The van der Waals surface area contributed by atoms with E-state index in [0.717, 1.165) is 33.8 Å². The number of hydrogen-bond acceptors (Lipinski definition) is 3. The smallest absolute Gasteiger partial charge is 0.270 e. The number of benzene rings is 2. The maximum atomic E-state index is 12.8. The second-order valence-electron chi connectivity index (χ2n) is 6.98. The van der Waals surface area contributed by atoms with Crippen LogP contribution in [0.4, 0.5) is 0 Å². The van der Waals surface area contributed by atoms with E-state index in [1.165, 1.54) is 0 Å². The van der Waals surface area contributed by atoms with Crippen LogP contribution in [0.25, 0.3) is 16.9 Å². The Balaban J connectivity index is 2.16. The number of ether oxygens (including phenoxy) is 1. The van der Waals surface area contributed by atoms with Gasteiger partial charge in [-0.3, -0.25) is 4.79 Å². The summed E-state index contributed by atoms with van der Waals surface area (Å²) in [4.78, 5) is 12.8. The molecule has 0 radical (unpaired) electrons. The van der Waals surface area contributed by atoms with Crippen molar-refractivity contribution in [1.82, 2.24) is 15.1 Å². The molecule has 0 unspecified atom stereocenters. The molecular formula is C22H25N3O2. The summed E-state index contributed by atoms with van der Waals surface area (Å²) in [5, 5.41) is 7.72. The maximum Gasteiger partial charge on any atom is 0.270 e. The Labute approximate surface area is 160 Å². The molecule has 0 aliphatic carbocycles. The van der Waals surface area contributed by atoms with Crippen LogP contribution in [-0.4, -0.2) is 28.8 Å². The van der Waals surface area contributed by atoms with Gasteiger partial charge in [0.2, 0.25) is 0 Å². The molecule has 0 saturated heterocycles. The predicted molar refractivity (Wildman–Crippen MR) is 108 cm³/mol. The Hall–Kier alpha value is -3.08. The SMILES string of the molecule is COc1cccc(-c2cc(C(=O)NC(C)C)n(-c3cc(C)ccc3C)n2)c1. The minimum absolute atomic E-state index is 0.0414. The minimum atomic E-state index is -0.146. The Morgan fingerprint density at radius 1 is 1.11 bits per heavy atom. The molecule has 140 valence electrons. The number of carbonyl (C=O) groups excluding carboxylic acids is 1. The molecule has 1 heterocycles. The van der Waals surface area contributed by atoms with E-state index in [-0.39, 0.29) is 11.9 Å². The van der Waals surface area contributed by atoms with Crippen molar-refractivity contribution < 1.29 is 9.53 Å². The molecule has 1 amide bonds. The summed E-state index contributed by atoms with van der Waals surface area (Å²) in [5.74, 6) is 0.606. The molecule has 1 aromatic heterocycles. The number of nitrogens with zero attached hydrogens (tertiary/aromatic N) is 2. The topological polar surface area (TPSA) is 56.1 Å². The van der Waals surface area contributed by atoms with Crippen LogP contribution in [0, 0.1) is 13.8 Å². The summed E-state index contributed by atoms with van der Waals surface area (Å²) in [7, 11) is 1.63. The van der Waals surface area contributed by atoms with Crippen molar-refractivity contribution in [3.05, 3.63) is 65.4 Å². The monoisotopic (exact) mass is 363 g/mol. The van der Waals surface area contributed by atoms with Crippen molar-refractivity contribution in [2.45, 2.75) is 33.7 Å². The third-order valence-electron chi connectivity index (χ3n) is 4.32. The number of aryl methyl sites for hydroxylation is 2. The standard InChI is InChI=1S/C22H25N3O2/c1-14(2)23-22(26)21-13-19(17-7-6-8-18(12-17)27-5)24-25(21)20-11-15(3)9-10-16(20)4/h6-14H,1-5H3,(H,23,26). The molecule has 5 nitrogen and oxygen atoms in total. The highest BCUT2D eigenvalue weighted by Crippen LogP contribution is 2.26. The number of nitrogens with one attached hydrogen (secondary N) is 1. The van der Waals surface area contributed by atoms with Crippen LogP contribution in [0.15, 0.2) is 48.5 Å². The molecule has 0 fully saturated rings. The van der Waals surface area contributed by atoms with Crippen molar-refractivity contribution in [1.29, 1.82) is 0 Å². The van der Waals surface area contributed by atoms with E-state index in [4.69, 9.17) is 9.84 Å². The zero-order valence-corrected chi connectivity index (χ0v) is 16.4. The van der Waals surface area contributed by atoms with Crippen molar-refractivity contribution in [3.63, 3.8) is 0 Å². The predicted octanol–water partition coefficient (Wildman–Crippen LogP) is 4.30. The molecular weight excluding hydrogens is 338 g/mol. The molecule has 27 heavy (non-hydrogen) atoms. The lowest BCUT2D eigenvalue weighted by Crippen LogP contribution is -2.31. The third-order valence-corrected chi connectivity index (χ3v) is 4.32. The molecule has 3 aromatic rings. The van der Waals surface area contributed by atoms with Gasteiger partial charge in [0.25, 0.3) is 5.91 Å². The molecule has 3 rings (SSSR count). The van der Waals surface area contributed by atoms with E-state index in [9.17, 15) is 4.79 Å². The van der Waals surface area contributed by atoms with Gasteiger partial charge >= 0.3 is 0 Å². The largest absolute Gasteiger partial charge is 0.497 e. The first-order valence-electron chi connectivity index (χ1n) is 9.02. The quantitative estimate of drug-likeness (QED) is 0.735. The molecule has 5 heteroatoms. The van der Waals surface area contributed by atoms with Crippen LogP contribution < -0.4 is 10.1 Å². The van der Waals surface area contributed by atoms with Gasteiger partial charge in [-0.1, -0.05) is 24.3 Å². The molecule has 0 aliphatic heterocycles. The van der Waals surface area contributed by atoms with Gasteiger partial charge in [0, 0.05) is 11.6 Å². The number of hydrogen-bond donors (Lipinski definition) is 1. The first-order valence-corrected chi connectivity index (χ1v) is 9.02. The van der Waals surface area contributed by atoms with Gasteiger partial charge in [0.15, 0.2) is 0 Å². The lowest BCUT2D eigenvalue weighted by Gasteiger charge is -2.12. The number of amides is 1. The number of rotatable bonds is 5. The zero-order valence-electron chi connectivity index (χ0n) is 16.4. The molecule has 0 saturated carbocycles. The first kappa shape index (κ1) is 18.7. The van der Waals surface area contributed by atoms with Crippen molar-refractivity contribution in [2.24, 2.45) is 0 Å². The molecule has 0 atom stereocenters. The van der Waals surface area contributed by atoms with Crippen molar-refractivity contribution in [3.8, 4) is 22.7 Å². The van der Waals surface area contributed by atoms with E-state index in [1.54, 1.807) is 11.8 Å². The summed E-state index contributed by atoms with van der Waals surface area (Å²) in [5.41, 5.74) is 5.21. The minimum Gasteiger partial charge on any atom is -0.497 e. The number of methoxy groups -OCH3 is 1. The fourth-order valence-electron chi connectivity index (χ4n) is 2.93.